The molecule has 2 aliphatic rings. The number of benzene rings is 3. The highest BCUT2D eigenvalue weighted by atomic mass is 79.9. The summed E-state index contributed by atoms with van der Waals surface area (Å²) in [5.41, 5.74) is 4.34. The summed E-state index contributed by atoms with van der Waals surface area (Å²) in [7, 11) is 0. The first-order valence-electron chi connectivity index (χ1n) is 11.5. The molecule has 0 radical (unpaired) electrons. The number of halogens is 3. The third-order valence-electron chi connectivity index (χ3n) is 6.22. The van der Waals surface area contributed by atoms with E-state index in [4.69, 9.17) is 33.7 Å². The third-order valence-corrected chi connectivity index (χ3v) is 8.25. The monoisotopic (exact) mass is 614 g/mol. The maximum atomic E-state index is 13.2. The number of thioether (sulfide) groups is 1. The first-order chi connectivity index (χ1) is 17.7. The molecule has 0 spiro atoms. The van der Waals surface area contributed by atoms with Gasteiger partial charge in [0.15, 0.2) is 5.17 Å². The molecule has 3 aromatic carbocycles. The number of amides is 2. The Labute approximate surface area is 237 Å². The number of imide groups is 1. The predicted octanol–water partition coefficient (Wildman–Crippen LogP) is 7.22. The molecule has 1 N–H and O–H groups in total. The van der Waals surface area contributed by atoms with E-state index < -0.39 is 11.2 Å². The Morgan fingerprint density at radius 2 is 1.65 bits per heavy atom. The van der Waals surface area contributed by atoms with E-state index in [-0.39, 0.29) is 23.5 Å². The molecule has 2 aliphatic heterocycles. The normalized spacial score (nSPS) is 19.5. The molecule has 5 rings (SSSR count). The van der Waals surface area contributed by atoms with Crippen molar-refractivity contribution < 1.29 is 9.59 Å². The van der Waals surface area contributed by atoms with E-state index in [0.717, 1.165) is 43.5 Å². The SMILES string of the molecule is Cc1ccc(C2=NN(C(=N)S[C@@H]3CC(=O)N(c4cc(Cl)cc(Cl)c4)C3=O)[C@@H](c3ccc(Br)cc3)C2)cc1. The Balaban J connectivity index is 1.40. The van der Waals surface area contributed by atoms with E-state index in [0.29, 0.717) is 22.2 Å². The number of aryl methyl sites for hydroxylation is 1. The number of carbonyl (C=O) groups is 2. The van der Waals surface area contributed by atoms with Crippen molar-refractivity contribution in [2.45, 2.75) is 31.1 Å². The minimum Gasteiger partial charge on any atom is -0.277 e. The molecule has 0 aromatic heterocycles. The maximum absolute atomic E-state index is 13.2. The number of nitrogens with one attached hydrogen (secondary N) is 1. The van der Waals surface area contributed by atoms with Crippen LogP contribution in [-0.2, 0) is 9.59 Å². The number of anilines is 1. The Hall–Kier alpha value is -2.65. The van der Waals surface area contributed by atoms with Gasteiger partial charge in [-0.05, 0) is 48.4 Å². The molecule has 2 amide bonds. The van der Waals surface area contributed by atoms with Gasteiger partial charge in [0, 0.05) is 27.4 Å². The molecular formula is C27H21BrCl2N4O2S. The highest BCUT2D eigenvalue weighted by Crippen LogP contribution is 2.38. The minimum absolute atomic E-state index is 0.0265. The number of hydrogen-bond acceptors (Lipinski definition) is 5. The molecule has 2 heterocycles. The van der Waals surface area contributed by atoms with Crippen molar-refractivity contribution in [2.75, 3.05) is 4.90 Å². The zero-order valence-corrected chi connectivity index (χ0v) is 23.5. The van der Waals surface area contributed by atoms with Crippen LogP contribution in [0.2, 0.25) is 10.0 Å². The van der Waals surface area contributed by atoms with Gasteiger partial charge >= 0.3 is 0 Å². The average Bonchev–Trinajstić information content (AvgIpc) is 3.40. The van der Waals surface area contributed by atoms with Gasteiger partial charge in [0.2, 0.25) is 11.8 Å². The van der Waals surface area contributed by atoms with Gasteiger partial charge in [0.1, 0.15) is 5.25 Å². The van der Waals surface area contributed by atoms with Gasteiger partial charge < -0.3 is 0 Å². The van der Waals surface area contributed by atoms with Crippen molar-refractivity contribution >= 4 is 79.3 Å². The molecule has 0 aliphatic carbocycles. The van der Waals surface area contributed by atoms with E-state index in [2.05, 4.69) is 15.9 Å². The Bertz CT molecular complexity index is 1410. The molecule has 1 fully saturated rings. The average molecular weight is 616 g/mol. The Morgan fingerprint density at radius 3 is 2.30 bits per heavy atom. The second-order valence-electron chi connectivity index (χ2n) is 8.84. The van der Waals surface area contributed by atoms with Crippen LogP contribution in [0.1, 0.15) is 35.6 Å². The Kier molecular flexibility index (Phi) is 7.45. The topological polar surface area (TPSA) is 76.8 Å². The minimum atomic E-state index is -0.748. The molecule has 188 valence electrons. The van der Waals surface area contributed by atoms with Gasteiger partial charge in [-0.3, -0.25) is 15.0 Å². The number of hydrazone groups is 1. The van der Waals surface area contributed by atoms with Crippen LogP contribution in [0, 0.1) is 12.3 Å². The molecular weight excluding hydrogens is 595 g/mol. The van der Waals surface area contributed by atoms with Crippen LogP contribution in [0.3, 0.4) is 0 Å². The maximum Gasteiger partial charge on any atom is 0.247 e. The third kappa shape index (κ3) is 5.48. The van der Waals surface area contributed by atoms with Crippen LogP contribution in [0.15, 0.2) is 76.3 Å². The summed E-state index contributed by atoms with van der Waals surface area (Å²) in [5.74, 6) is -0.761. The summed E-state index contributed by atoms with van der Waals surface area (Å²) < 4.78 is 0.959. The van der Waals surface area contributed by atoms with E-state index in [1.807, 2.05) is 55.5 Å². The van der Waals surface area contributed by atoms with Crippen molar-refractivity contribution in [1.29, 1.82) is 5.41 Å². The zero-order chi connectivity index (χ0) is 26.3. The van der Waals surface area contributed by atoms with Gasteiger partial charge in [-0.2, -0.15) is 5.10 Å². The standard InChI is InChI=1S/C27H21BrCl2N4O2S/c1-15-2-4-16(5-3-15)22-13-23(17-6-8-18(28)9-7-17)34(32-22)27(31)37-24-14-25(35)33(26(24)36)21-11-19(29)10-20(30)12-21/h2-12,23-24,31H,13-14H2,1H3/t23-,24-/m1/s1. The van der Waals surface area contributed by atoms with Crippen LogP contribution in [0.4, 0.5) is 5.69 Å². The molecule has 0 unspecified atom stereocenters. The summed E-state index contributed by atoms with van der Waals surface area (Å²) in [4.78, 5) is 27.1. The molecule has 1 saturated heterocycles. The summed E-state index contributed by atoms with van der Waals surface area (Å²) in [6.45, 7) is 2.03. The van der Waals surface area contributed by atoms with Crippen LogP contribution in [0.25, 0.3) is 0 Å². The van der Waals surface area contributed by atoms with Gasteiger partial charge in [-0.15, -0.1) is 0 Å². The lowest BCUT2D eigenvalue weighted by molar-refractivity contribution is -0.121. The molecule has 2 atom stereocenters. The predicted molar refractivity (Wildman–Crippen MR) is 154 cm³/mol. The summed E-state index contributed by atoms with van der Waals surface area (Å²) in [6, 6.07) is 20.4. The summed E-state index contributed by atoms with van der Waals surface area (Å²) in [5, 5.41) is 15.4. The number of hydrogen-bond donors (Lipinski definition) is 1. The van der Waals surface area contributed by atoms with Crippen molar-refractivity contribution in [2.24, 2.45) is 5.10 Å². The number of carbonyl (C=O) groups excluding carboxylic acids is 2. The van der Waals surface area contributed by atoms with Crippen LogP contribution < -0.4 is 4.90 Å². The fraction of sp³-hybridized carbons (Fsp3) is 0.185. The van der Waals surface area contributed by atoms with E-state index in [1.165, 1.54) is 12.1 Å². The fourth-order valence-corrected chi connectivity index (χ4v) is 6.14. The second-order valence-corrected chi connectivity index (χ2v) is 11.8. The molecule has 10 heteroatoms. The van der Waals surface area contributed by atoms with Gasteiger partial charge in [-0.1, -0.05) is 92.9 Å². The lowest BCUT2D eigenvalue weighted by Crippen LogP contribution is -2.32. The van der Waals surface area contributed by atoms with E-state index in [9.17, 15) is 9.59 Å². The lowest BCUT2D eigenvalue weighted by atomic mass is 9.98. The number of rotatable bonds is 4. The van der Waals surface area contributed by atoms with Crippen LogP contribution in [0.5, 0.6) is 0 Å². The van der Waals surface area contributed by atoms with Crippen LogP contribution >= 0.6 is 50.9 Å². The molecule has 0 bridgehead atoms. The highest BCUT2D eigenvalue weighted by Gasteiger charge is 2.42. The second kappa shape index (κ2) is 10.6. The van der Waals surface area contributed by atoms with Crippen molar-refractivity contribution in [3.8, 4) is 0 Å². The van der Waals surface area contributed by atoms with Crippen molar-refractivity contribution in [3.05, 3.63) is 97.9 Å². The fourth-order valence-electron chi connectivity index (χ4n) is 4.39. The Morgan fingerprint density at radius 1 is 1.00 bits per heavy atom. The smallest absolute Gasteiger partial charge is 0.247 e. The first kappa shape index (κ1) is 26.0. The van der Waals surface area contributed by atoms with Gasteiger partial charge in [0.05, 0.1) is 17.4 Å². The molecule has 3 aromatic rings. The summed E-state index contributed by atoms with van der Waals surface area (Å²) >= 11 is 16.7. The molecule has 6 nitrogen and oxygen atoms in total. The van der Waals surface area contributed by atoms with Gasteiger partial charge in [-0.25, -0.2) is 9.91 Å². The van der Waals surface area contributed by atoms with Gasteiger partial charge in [0.25, 0.3) is 0 Å². The molecule has 0 saturated carbocycles. The first-order valence-corrected chi connectivity index (χ1v) is 13.9. The quantitative estimate of drug-likeness (QED) is 0.191. The van der Waals surface area contributed by atoms with Crippen LogP contribution in [-0.4, -0.2) is 33.0 Å². The highest BCUT2D eigenvalue weighted by molar-refractivity contribution is 9.10. The van der Waals surface area contributed by atoms with Crippen molar-refractivity contribution in [3.63, 3.8) is 0 Å². The van der Waals surface area contributed by atoms with Crippen molar-refractivity contribution in [1.82, 2.24) is 5.01 Å². The number of nitrogens with zero attached hydrogens (tertiary/aromatic N) is 3. The zero-order valence-electron chi connectivity index (χ0n) is 19.6. The lowest BCUT2D eigenvalue weighted by Gasteiger charge is -2.24. The molecule has 37 heavy (non-hydrogen) atoms. The largest absolute Gasteiger partial charge is 0.277 e. The number of amidine groups is 1. The van der Waals surface area contributed by atoms with E-state index >= 15 is 0 Å². The van der Waals surface area contributed by atoms with E-state index in [1.54, 1.807) is 11.1 Å². The summed E-state index contributed by atoms with van der Waals surface area (Å²) in [6.07, 6.45) is 0.583.